The minimum atomic E-state index is -0.337. The molecule has 16 heavy (non-hydrogen) atoms. The molecule has 4 heteroatoms. The average molecular weight is 219 g/mol. The number of carbonyl (C=O) groups excluding carboxylic acids is 1. The van der Waals surface area contributed by atoms with Crippen LogP contribution < -0.4 is 0 Å². The number of aromatic nitrogens is 1. The van der Waals surface area contributed by atoms with Gasteiger partial charge in [0.15, 0.2) is 0 Å². The first kappa shape index (κ1) is 10.8. The highest BCUT2D eigenvalue weighted by atomic mass is 16.5. The van der Waals surface area contributed by atoms with Crippen LogP contribution in [0, 0.1) is 0 Å². The number of carbonyl (C=O) groups is 1. The number of methoxy groups -OCH3 is 1. The Labute approximate surface area is 93.9 Å². The highest BCUT2D eigenvalue weighted by Gasteiger charge is 2.11. The maximum absolute atomic E-state index is 11.4. The zero-order valence-electron chi connectivity index (χ0n) is 9.10. The first-order valence-electron chi connectivity index (χ1n) is 5.13. The van der Waals surface area contributed by atoms with Gasteiger partial charge in [-0.1, -0.05) is 6.08 Å². The third-order valence-electron chi connectivity index (χ3n) is 2.47. The normalized spacial score (nSPS) is 15.4. The van der Waals surface area contributed by atoms with Gasteiger partial charge in [-0.25, -0.2) is 4.79 Å². The molecule has 0 aromatic carbocycles. The minimum absolute atomic E-state index is 0.337. The maximum atomic E-state index is 11.4. The highest BCUT2D eigenvalue weighted by Crippen LogP contribution is 2.20. The molecular weight excluding hydrogens is 206 g/mol. The zero-order chi connectivity index (χ0) is 11.4. The Bertz CT molecular complexity index is 426. The van der Waals surface area contributed by atoms with Crippen LogP contribution in [0.3, 0.4) is 0 Å². The van der Waals surface area contributed by atoms with Crippen molar-refractivity contribution in [1.29, 1.82) is 0 Å². The van der Waals surface area contributed by atoms with Gasteiger partial charge in [0.25, 0.3) is 0 Å². The summed E-state index contributed by atoms with van der Waals surface area (Å²) in [5, 5.41) is 0. The molecule has 0 atom stereocenters. The Morgan fingerprint density at radius 2 is 2.44 bits per heavy atom. The molecule has 1 aliphatic rings. The number of pyridine rings is 1. The molecule has 1 aliphatic heterocycles. The van der Waals surface area contributed by atoms with Crippen LogP contribution in [0.15, 0.2) is 24.4 Å². The van der Waals surface area contributed by atoms with E-state index in [1.54, 1.807) is 18.3 Å². The topological polar surface area (TPSA) is 48.4 Å². The standard InChI is InChI=1S/C12H13NO3/c1-15-12(14)10-2-5-13-11(8-10)9-3-6-16-7-4-9/h2-3,5,8H,4,6-7H2,1H3. The molecule has 4 nitrogen and oxygen atoms in total. The lowest BCUT2D eigenvalue weighted by molar-refractivity contribution is 0.0600. The summed E-state index contributed by atoms with van der Waals surface area (Å²) in [4.78, 5) is 15.6. The van der Waals surface area contributed by atoms with Crippen molar-refractivity contribution in [3.63, 3.8) is 0 Å². The van der Waals surface area contributed by atoms with Crippen LogP contribution >= 0.6 is 0 Å². The molecular formula is C12H13NO3. The third-order valence-corrected chi connectivity index (χ3v) is 2.47. The Balaban J connectivity index is 2.28. The van der Waals surface area contributed by atoms with Gasteiger partial charge in [0, 0.05) is 6.20 Å². The molecule has 2 heterocycles. The van der Waals surface area contributed by atoms with E-state index in [2.05, 4.69) is 9.72 Å². The second kappa shape index (κ2) is 4.90. The average Bonchev–Trinajstić information content (AvgIpc) is 2.39. The molecule has 0 radical (unpaired) electrons. The second-order valence-corrected chi connectivity index (χ2v) is 3.48. The smallest absolute Gasteiger partial charge is 0.337 e. The quantitative estimate of drug-likeness (QED) is 0.710. The van der Waals surface area contributed by atoms with Crippen molar-refractivity contribution in [2.45, 2.75) is 6.42 Å². The van der Waals surface area contributed by atoms with E-state index in [0.717, 1.165) is 17.7 Å². The third kappa shape index (κ3) is 2.28. The van der Waals surface area contributed by atoms with Gasteiger partial charge in [0.05, 0.1) is 31.6 Å². The molecule has 84 valence electrons. The first-order valence-corrected chi connectivity index (χ1v) is 5.13. The van der Waals surface area contributed by atoms with Crippen LogP contribution in [0.2, 0.25) is 0 Å². The van der Waals surface area contributed by atoms with E-state index >= 15 is 0 Å². The van der Waals surface area contributed by atoms with E-state index in [4.69, 9.17) is 4.74 Å². The van der Waals surface area contributed by atoms with E-state index in [1.165, 1.54) is 7.11 Å². The highest BCUT2D eigenvalue weighted by molar-refractivity contribution is 5.90. The van der Waals surface area contributed by atoms with Crippen molar-refractivity contribution in [1.82, 2.24) is 4.98 Å². The minimum Gasteiger partial charge on any atom is -0.465 e. The predicted octanol–water partition coefficient (Wildman–Crippen LogP) is 1.67. The molecule has 0 unspecified atom stereocenters. The van der Waals surface area contributed by atoms with Crippen LogP contribution in [0.5, 0.6) is 0 Å². The molecule has 0 fully saturated rings. The number of esters is 1. The van der Waals surface area contributed by atoms with E-state index < -0.39 is 0 Å². The summed E-state index contributed by atoms with van der Waals surface area (Å²) in [6.45, 7) is 1.31. The number of nitrogens with zero attached hydrogens (tertiary/aromatic N) is 1. The molecule has 0 bridgehead atoms. The predicted molar refractivity (Wildman–Crippen MR) is 59.0 cm³/mol. The van der Waals surface area contributed by atoms with Crippen molar-refractivity contribution in [2.24, 2.45) is 0 Å². The van der Waals surface area contributed by atoms with Gasteiger partial charge in [-0.05, 0) is 24.1 Å². The summed E-state index contributed by atoms with van der Waals surface area (Å²) in [7, 11) is 1.37. The summed E-state index contributed by atoms with van der Waals surface area (Å²) >= 11 is 0. The summed E-state index contributed by atoms with van der Waals surface area (Å²) in [6, 6.07) is 3.40. The molecule has 0 aliphatic carbocycles. The molecule has 0 saturated heterocycles. The fourth-order valence-corrected chi connectivity index (χ4v) is 1.61. The largest absolute Gasteiger partial charge is 0.465 e. The number of ether oxygens (including phenoxy) is 2. The lowest BCUT2D eigenvalue weighted by atomic mass is 10.1. The fourth-order valence-electron chi connectivity index (χ4n) is 1.61. The second-order valence-electron chi connectivity index (χ2n) is 3.48. The molecule has 2 rings (SSSR count). The lowest BCUT2D eigenvalue weighted by Crippen LogP contribution is -2.07. The number of rotatable bonds is 2. The SMILES string of the molecule is COC(=O)c1ccnc(C2=CCOCC2)c1. The molecule has 0 saturated carbocycles. The zero-order valence-corrected chi connectivity index (χ0v) is 9.10. The van der Waals surface area contributed by atoms with Gasteiger partial charge in [0.1, 0.15) is 0 Å². The molecule has 1 aromatic heterocycles. The van der Waals surface area contributed by atoms with Gasteiger partial charge >= 0.3 is 5.97 Å². The van der Waals surface area contributed by atoms with Gasteiger partial charge in [0.2, 0.25) is 0 Å². The van der Waals surface area contributed by atoms with Crippen LogP contribution in [0.25, 0.3) is 5.57 Å². The summed E-state index contributed by atoms with van der Waals surface area (Å²) in [6.07, 6.45) is 4.45. The van der Waals surface area contributed by atoms with Crippen LogP contribution in [0.4, 0.5) is 0 Å². The van der Waals surface area contributed by atoms with Crippen molar-refractivity contribution in [3.05, 3.63) is 35.7 Å². The maximum Gasteiger partial charge on any atom is 0.337 e. The Morgan fingerprint density at radius 3 is 3.12 bits per heavy atom. The number of hydrogen-bond acceptors (Lipinski definition) is 4. The fraction of sp³-hybridized carbons (Fsp3) is 0.333. The van der Waals surface area contributed by atoms with Crippen molar-refractivity contribution < 1.29 is 14.3 Å². The Hall–Kier alpha value is -1.68. The monoisotopic (exact) mass is 219 g/mol. The summed E-state index contributed by atoms with van der Waals surface area (Å²) < 4.78 is 9.89. The van der Waals surface area contributed by atoms with Crippen LogP contribution in [-0.4, -0.2) is 31.3 Å². The molecule has 1 aromatic rings. The van der Waals surface area contributed by atoms with Crippen molar-refractivity contribution in [2.75, 3.05) is 20.3 Å². The van der Waals surface area contributed by atoms with Gasteiger partial charge in [-0.15, -0.1) is 0 Å². The molecule has 0 N–H and O–H groups in total. The first-order chi connectivity index (χ1) is 7.81. The van der Waals surface area contributed by atoms with E-state index in [0.29, 0.717) is 18.8 Å². The molecule has 0 spiro atoms. The van der Waals surface area contributed by atoms with E-state index in [-0.39, 0.29) is 5.97 Å². The van der Waals surface area contributed by atoms with E-state index in [1.807, 2.05) is 6.08 Å². The van der Waals surface area contributed by atoms with Crippen molar-refractivity contribution in [3.8, 4) is 0 Å². The van der Waals surface area contributed by atoms with Crippen molar-refractivity contribution >= 4 is 11.5 Å². The van der Waals surface area contributed by atoms with Gasteiger partial charge in [-0.2, -0.15) is 0 Å². The Morgan fingerprint density at radius 1 is 1.56 bits per heavy atom. The number of hydrogen-bond donors (Lipinski definition) is 0. The van der Waals surface area contributed by atoms with E-state index in [9.17, 15) is 4.79 Å². The summed E-state index contributed by atoms with van der Waals surface area (Å²) in [5.74, 6) is -0.337. The van der Waals surface area contributed by atoms with Crippen LogP contribution in [0.1, 0.15) is 22.5 Å². The molecule has 0 amide bonds. The van der Waals surface area contributed by atoms with Gasteiger partial charge < -0.3 is 9.47 Å². The Kier molecular flexibility index (Phi) is 3.31. The lowest BCUT2D eigenvalue weighted by Gasteiger charge is -2.13. The van der Waals surface area contributed by atoms with Crippen LogP contribution in [-0.2, 0) is 9.47 Å². The van der Waals surface area contributed by atoms with Gasteiger partial charge in [-0.3, -0.25) is 4.98 Å². The summed E-state index contributed by atoms with van der Waals surface area (Å²) in [5.41, 5.74) is 2.48.